The Balaban J connectivity index is 1.57. The molecule has 0 saturated carbocycles. The molecule has 8 heteroatoms. The van der Waals surface area contributed by atoms with Gasteiger partial charge in [-0.3, -0.25) is 9.69 Å². The Morgan fingerprint density at radius 2 is 2.18 bits per heavy atom. The standard InChI is InChI=1S/C20H24N2O4SSi/c1-28(2,3)8-7-26-12-22-17-14(5-4-6-21-17)20(19(22)25)10-13-9-15(18(23)24)27-16(13)11-20/h4-6,9H,7-8,10-12H2,1-3H3,(H,23,24). The minimum Gasteiger partial charge on any atom is -0.477 e. The number of ether oxygens (including phenoxy) is 1. The van der Waals surface area contributed by atoms with Crippen molar-refractivity contribution in [2.75, 3.05) is 18.2 Å². The van der Waals surface area contributed by atoms with E-state index < -0.39 is 19.5 Å². The maximum absolute atomic E-state index is 13.5. The smallest absolute Gasteiger partial charge is 0.345 e. The topological polar surface area (TPSA) is 79.7 Å². The van der Waals surface area contributed by atoms with Gasteiger partial charge in [0.25, 0.3) is 0 Å². The molecule has 6 nitrogen and oxygen atoms in total. The van der Waals surface area contributed by atoms with Gasteiger partial charge >= 0.3 is 5.97 Å². The summed E-state index contributed by atoms with van der Waals surface area (Å²) in [7, 11) is -1.19. The molecule has 1 amide bonds. The molecule has 1 aliphatic carbocycles. The molecule has 2 aromatic heterocycles. The lowest BCUT2D eigenvalue weighted by Crippen LogP contribution is -2.42. The number of amides is 1. The molecular weight excluding hydrogens is 392 g/mol. The van der Waals surface area contributed by atoms with Crippen LogP contribution in [-0.2, 0) is 27.8 Å². The van der Waals surface area contributed by atoms with Crippen LogP contribution in [0.3, 0.4) is 0 Å². The zero-order valence-electron chi connectivity index (χ0n) is 16.3. The fraction of sp³-hybridized carbons (Fsp3) is 0.450. The van der Waals surface area contributed by atoms with Crippen molar-refractivity contribution in [2.45, 2.75) is 43.9 Å². The van der Waals surface area contributed by atoms with Crippen LogP contribution in [0.25, 0.3) is 0 Å². The zero-order valence-corrected chi connectivity index (χ0v) is 18.1. The predicted octanol–water partition coefficient (Wildman–Crippen LogP) is 3.54. The highest BCUT2D eigenvalue weighted by Gasteiger charge is 2.55. The number of aromatic nitrogens is 1. The lowest BCUT2D eigenvalue weighted by molar-refractivity contribution is -0.124. The maximum atomic E-state index is 13.5. The van der Waals surface area contributed by atoms with Gasteiger partial charge in [-0.05, 0) is 30.2 Å². The summed E-state index contributed by atoms with van der Waals surface area (Å²) in [6.45, 7) is 7.75. The summed E-state index contributed by atoms with van der Waals surface area (Å²) in [5.74, 6) is -0.228. The van der Waals surface area contributed by atoms with Crippen LogP contribution in [0, 0.1) is 0 Å². The Labute approximate surface area is 169 Å². The van der Waals surface area contributed by atoms with Gasteiger partial charge in [0.2, 0.25) is 5.91 Å². The first-order chi connectivity index (χ1) is 13.2. The average molecular weight is 417 g/mol. The highest BCUT2D eigenvalue weighted by atomic mass is 32.1. The second-order valence-electron chi connectivity index (χ2n) is 8.76. The van der Waals surface area contributed by atoms with Crippen molar-refractivity contribution in [3.8, 4) is 0 Å². The number of hydrogen-bond acceptors (Lipinski definition) is 5. The van der Waals surface area contributed by atoms with Crippen LogP contribution in [0.5, 0.6) is 0 Å². The van der Waals surface area contributed by atoms with Crippen molar-refractivity contribution in [2.24, 2.45) is 0 Å². The molecule has 1 N–H and O–H groups in total. The lowest BCUT2D eigenvalue weighted by Gasteiger charge is -2.24. The zero-order chi connectivity index (χ0) is 20.1. The van der Waals surface area contributed by atoms with Crippen LogP contribution < -0.4 is 4.90 Å². The summed E-state index contributed by atoms with van der Waals surface area (Å²) in [6, 6.07) is 6.59. The van der Waals surface area contributed by atoms with Gasteiger partial charge in [-0.2, -0.15) is 0 Å². The number of rotatable bonds is 6. The lowest BCUT2D eigenvalue weighted by atomic mass is 9.80. The number of thiophene rings is 1. The van der Waals surface area contributed by atoms with Crippen molar-refractivity contribution in [3.63, 3.8) is 0 Å². The molecule has 2 aromatic rings. The number of aromatic carboxylic acids is 1. The van der Waals surface area contributed by atoms with E-state index in [1.807, 2.05) is 12.1 Å². The van der Waals surface area contributed by atoms with Crippen LogP contribution in [0.2, 0.25) is 25.7 Å². The maximum Gasteiger partial charge on any atom is 0.345 e. The molecule has 148 valence electrons. The molecule has 1 spiro atoms. The molecule has 1 unspecified atom stereocenters. The molecular formula is C20H24N2O4SSi. The highest BCUT2D eigenvalue weighted by Crippen LogP contribution is 2.50. The number of hydrogen-bond donors (Lipinski definition) is 1. The molecule has 1 atom stereocenters. The van der Waals surface area contributed by atoms with E-state index in [-0.39, 0.29) is 12.6 Å². The summed E-state index contributed by atoms with van der Waals surface area (Å²) < 4.78 is 5.86. The molecule has 4 rings (SSSR count). The van der Waals surface area contributed by atoms with Crippen LogP contribution in [0.15, 0.2) is 24.4 Å². The largest absolute Gasteiger partial charge is 0.477 e. The molecule has 0 fully saturated rings. The van der Waals surface area contributed by atoms with Gasteiger partial charge in [0.15, 0.2) is 0 Å². The van der Waals surface area contributed by atoms with Gasteiger partial charge in [0, 0.05) is 37.7 Å². The predicted molar refractivity (Wildman–Crippen MR) is 111 cm³/mol. The number of pyridine rings is 1. The van der Waals surface area contributed by atoms with E-state index in [1.54, 1.807) is 17.2 Å². The Morgan fingerprint density at radius 3 is 2.86 bits per heavy atom. The fourth-order valence-corrected chi connectivity index (χ4v) is 5.88. The van der Waals surface area contributed by atoms with Crippen molar-refractivity contribution in [1.82, 2.24) is 4.98 Å². The van der Waals surface area contributed by atoms with Gasteiger partial charge in [0.05, 0.1) is 5.41 Å². The van der Waals surface area contributed by atoms with Crippen LogP contribution in [0.4, 0.5) is 5.82 Å². The normalized spacial score (nSPS) is 20.7. The molecule has 0 radical (unpaired) electrons. The van der Waals surface area contributed by atoms with E-state index in [4.69, 9.17) is 4.74 Å². The summed E-state index contributed by atoms with van der Waals surface area (Å²) in [4.78, 5) is 32.2. The van der Waals surface area contributed by atoms with Crippen molar-refractivity contribution in [1.29, 1.82) is 0 Å². The van der Waals surface area contributed by atoms with E-state index in [9.17, 15) is 14.7 Å². The van der Waals surface area contributed by atoms with Crippen molar-refractivity contribution >= 4 is 37.1 Å². The number of carboxylic acids is 1. The fourth-order valence-electron chi connectivity index (χ4n) is 3.98. The molecule has 28 heavy (non-hydrogen) atoms. The number of carbonyl (C=O) groups is 2. The number of anilines is 1. The third-order valence-electron chi connectivity index (χ3n) is 5.49. The third-order valence-corrected chi connectivity index (χ3v) is 8.36. The van der Waals surface area contributed by atoms with Gasteiger partial charge in [0.1, 0.15) is 17.4 Å². The van der Waals surface area contributed by atoms with E-state index >= 15 is 0 Å². The molecule has 0 saturated heterocycles. The number of carboxylic acid groups (broad SMARTS) is 1. The van der Waals surface area contributed by atoms with Crippen LogP contribution in [-0.4, -0.2) is 43.4 Å². The molecule has 0 aromatic carbocycles. The first-order valence-electron chi connectivity index (χ1n) is 9.41. The quantitative estimate of drug-likeness (QED) is 0.576. The van der Waals surface area contributed by atoms with E-state index in [1.165, 1.54) is 11.3 Å². The van der Waals surface area contributed by atoms with E-state index in [0.29, 0.717) is 30.1 Å². The molecule has 0 bridgehead atoms. The summed E-state index contributed by atoms with van der Waals surface area (Å²) in [5, 5.41) is 9.24. The minimum atomic E-state index is -1.19. The van der Waals surface area contributed by atoms with Gasteiger partial charge < -0.3 is 9.84 Å². The highest BCUT2D eigenvalue weighted by molar-refractivity contribution is 7.14. The second kappa shape index (κ2) is 6.79. The average Bonchev–Trinajstić information content (AvgIpc) is 3.23. The Kier molecular flexibility index (Phi) is 4.68. The summed E-state index contributed by atoms with van der Waals surface area (Å²) in [5.41, 5.74) is 1.21. The summed E-state index contributed by atoms with van der Waals surface area (Å²) >= 11 is 1.28. The van der Waals surface area contributed by atoms with Crippen LogP contribution >= 0.6 is 11.3 Å². The van der Waals surface area contributed by atoms with Gasteiger partial charge in [-0.25, -0.2) is 9.78 Å². The van der Waals surface area contributed by atoms with Gasteiger partial charge in [-0.15, -0.1) is 11.3 Å². The van der Waals surface area contributed by atoms with Gasteiger partial charge in [-0.1, -0.05) is 25.7 Å². The Bertz CT molecular complexity index is 926. The van der Waals surface area contributed by atoms with E-state index in [2.05, 4.69) is 24.6 Å². The molecule has 1 aliphatic heterocycles. The monoisotopic (exact) mass is 416 g/mol. The SMILES string of the molecule is C[Si](C)(C)CCOCN1C(=O)C2(Cc3cc(C(=O)O)sc3C2)c2cccnc21. The first kappa shape index (κ1) is 19.3. The first-order valence-corrected chi connectivity index (χ1v) is 13.9. The third kappa shape index (κ3) is 3.19. The minimum absolute atomic E-state index is 0.00878. The number of fused-ring (bicyclic) bond motifs is 3. The molecule has 3 heterocycles. The second-order valence-corrected chi connectivity index (χ2v) is 15.5. The van der Waals surface area contributed by atoms with Crippen LogP contribution in [0.1, 0.15) is 25.7 Å². The molecule has 2 aliphatic rings. The number of nitrogens with zero attached hydrogens (tertiary/aromatic N) is 2. The Hall–Kier alpha value is -2.03. The number of carbonyl (C=O) groups excluding carboxylic acids is 1. The van der Waals surface area contributed by atoms with Crippen molar-refractivity contribution < 1.29 is 19.4 Å². The Morgan fingerprint density at radius 1 is 1.39 bits per heavy atom. The van der Waals surface area contributed by atoms with Crippen molar-refractivity contribution in [3.05, 3.63) is 45.3 Å². The summed E-state index contributed by atoms with van der Waals surface area (Å²) in [6.07, 6.45) is 2.76. The van der Waals surface area contributed by atoms with E-state index in [0.717, 1.165) is 22.0 Å².